The van der Waals surface area contributed by atoms with Crippen molar-refractivity contribution in [3.63, 3.8) is 0 Å². The molecular weight excluding hydrogens is 236 g/mol. The van der Waals surface area contributed by atoms with Crippen LogP contribution in [0.15, 0.2) is 18.2 Å². The molecule has 0 unspecified atom stereocenters. The number of fused-ring (bicyclic) bond motifs is 1. The number of hydrogen-bond donors (Lipinski definition) is 1. The van der Waals surface area contributed by atoms with Gasteiger partial charge >= 0.3 is 0 Å². The number of nitrogens with zero attached hydrogens (tertiary/aromatic N) is 1. The van der Waals surface area contributed by atoms with Gasteiger partial charge in [-0.05, 0) is 42.5 Å². The van der Waals surface area contributed by atoms with Gasteiger partial charge in [0.15, 0.2) is 0 Å². The van der Waals surface area contributed by atoms with Crippen molar-refractivity contribution >= 4 is 0 Å². The molecular formula is C16H24N2O. The van der Waals surface area contributed by atoms with E-state index in [4.69, 9.17) is 4.74 Å². The van der Waals surface area contributed by atoms with E-state index in [0.29, 0.717) is 0 Å². The topological polar surface area (TPSA) is 24.5 Å². The predicted octanol–water partition coefficient (Wildman–Crippen LogP) is 1.94. The van der Waals surface area contributed by atoms with Crippen LogP contribution in [-0.4, -0.2) is 37.7 Å². The molecule has 0 spiro atoms. The lowest BCUT2D eigenvalue weighted by Crippen LogP contribution is -2.31. The zero-order chi connectivity index (χ0) is 13.1. The van der Waals surface area contributed by atoms with Gasteiger partial charge in [0.05, 0.1) is 6.61 Å². The summed E-state index contributed by atoms with van der Waals surface area (Å²) >= 11 is 0. The highest BCUT2D eigenvalue weighted by Crippen LogP contribution is 2.29. The van der Waals surface area contributed by atoms with Crippen molar-refractivity contribution in [3.05, 3.63) is 34.9 Å². The van der Waals surface area contributed by atoms with Gasteiger partial charge in [0.1, 0.15) is 0 Å². The van der Waals surface area contributed by atoms with Crippen molar-refractivity contribution in [2.24, 2.45) is 0 Å². The van der Waals surface area contributed by atoms with Crippen molar-refractivity contribution in [2.45, 2.75) is 38.4 Å². The Morgan fingerprint density at radius 3 is 3.05 bits per heavy atom. The predicted molar refractivity (Wildman–Crippen MR) is 77.2 cm³/mol. The highest BCUT2D eigenvalue weighted by atomic mass is 16.5. The van der Waals surface area contributed by atoms with Gasteiger partial charge in [0.25, 0.3) is 0 Å². The lowest BCUT2D eigenvalue weighted by Gasteiger charge is -2.26. The molecule has 1 heterocycles. The van der Waals surface area contributed by atoms with Crippen LogP contribution < -0.4 is 5.32 Å². The molecule has 0 bridgehead atoms. The number of benzene rings is 1. The summed E-state index contributed by atoms with van der Waals surface area (Å²) < 4.78 is 5.25. The molecule has 1 N–H and O–H groups in total. The van der Waals surface area contributed by atoms with Gasteiger partial charge in [-0.2, -0.15) is 0 Å². The smallest absolute Gasteiger partial charge is 0.0589 e. The van der Waals surface area contributed by atoms with E-state index < -0.39 is 0 Å². The first-order valence-corrected chi connectivity index (χ1v) is 7.42. The van der Waals surface area contributed by atoms with Crippen LogP contribution in [0.3, 0.4) is 0 Å². The molecule has 2 aliphatic rings. The first kappa shape index (κ1) is 13.1. The third-order valence-corrected chi connectivity index (χ3v) is 4.26. The lowest BCUT2D eigenvalue weighted by molar-refractivity contribution is 0.139. The van der Waals surface area contributed by atoms with Crippen LogP contribution in [0.5, 0.6) is 0 Å². The molecule has 1 saturated carbocycles. The van der Waals surface area contributed by atoms with Crippen molar-refractivity contribution in [1.29, 1.82) is 0 Å². The van der Waals surface area contributed by atoms with E-state index in [9.17, 15) is 0 Å². The van der Waals surface area contributed by atoms with Gasteiger partial charge in [0.2, 0.25) is 0 Å². The van der Waals surface area contributed by atoms with Crippen LogP contribution >= 0.6 is 0 Å². The highest BCUT2D eigenvalue weighted by Gasteiger charge is 2.29. The molecule has 1 aliphatic carbocycles. The Labute approximate surface area is 115 Å². The fourth-order valence-electron chi connectivity index (χ4n) is 3.02. The van der Waals surface area contributed by atoms with Crippen molar-refractivity contribution in [1.82, 2.24) is 10.2 Å². The fraction of sp³-hybridized carbons (Fsp3) is 0.625. The number of hydrogen-bond acceptors (Lipinski definition) is 3. The quantitative estimate of drug-likeness (QED) is 0.846. The minimum absolute atomic E-state index is 0.799. The Kier molecular flexibility index (Phi) is 4.16. The Morgan fingerprint density at radius 1 is 1.37 bits per heavy atom. The maximum atomic E-state index is 5.25. The van der Waals surface area contributed by atoms with Gasteiger partial charge in [-0.15, -0.1) is 0 Å². The maximum Gasteiger partial charge on any atom is 0.0589 e. The average Bonchev–Trinajstić information content (AvgIpc) is 3.28. The summed E-state index contributed by atoms with van der Waals surface area (Å²) in [6.45, 7) is 5.14. The first-order valence-electron chi connectivity index (χ1n) is 7.42. The Morgan fingerprint density at radius 2 is 2.26 bits per heavy atom. The molecule has 1 fully saturated rings. The van der Waals surface area contributed by atoms with Crippen molar-refractivity contribution < 1.29 is 4.74 Å². The van der Waals surface area contributed by atoms with E-state index in [1.165, 1.54) is 30.4 Å². The van der Waals surface area contributed by atoms with Crippen molar-refractivity contribution in [3.8, 4) is 0 Å². The van der Waals surface area contributed by atoms with E-state index in [2.05, 4.69) is 28.4 Å². The number of rotatable bonds is 6. The number of methoxy groups -OCH3 is 1. The summed E-state index contributed by atoms with van der Waals surface area (Å²) in [7, 11) is 1.79. The molecule has 1 aromatic carbocycles. The summed E-state index contributed by atoms with van der Waals surface area (Å²) in [6, 6.07) is 7.59. The minimum Gasteiger partial charge on any atom is -0.383 e. The van der Waals surface area contributed by atoms with E-state index in [1.54, 1.807) is 12.7 Å². The number of nitrogens with one attached hydrogen (secondary N) is 1. The molecule has 19 heavy (non-hydrogen) atoms. The first-order chi connectivity index (χ1) is 9.38. The molecule has 3 nitrogen and oxygen atoms in total. The molecule has 3 rings (SSSR count). The highest BCUT2D eigenvalue weighted by molar-refractivity contribution is 5.37. The van der Waals surface area contributed by atoms with Gasteiger partial charge in [0, 0.05) is 32.8 Å². The third-order valence-electron chi connectivity index (χ3n) is 4.26. The standard InChI is InChI=1S/C16H24N2O/c1-19-10-9-18(15-5-6-15)12-14-4-2-3-13-11-17-8-7-16(13)14/h2-4,15,17H,5-12H2,1H3. The largest absolute Gasteiger partial charge is 0.383 e. The van der Waals surface area contributed by atoms with E-state index in [-0.39, 0.29) is 0 Å². The summed E-state index contributed by atoms with van der Waals surface area (Å²) in [5.41, 5.74) is 4.61. The van der Waals surface area contributed by atoms with Crippen LogP contribution in [0, 0.1) is 0 Å². The van der Waals surface area contributed by atoms with E-state index in [0.717, 1.165) is 38.8 Å². The lowest BCUT2D eigenvalue weighted by atomic mass is 9.95. The molecule has 1 aromatic rings. The Bertz CT molecular complexity index is 429. The zero-order valence-corrected chi connectivity index (χ0v) is 11.8. The molecule has 1 aliphatic heterocycles. The fourth-order valence-corrected chi connectivity index (χ4v) is 3.02. The minimum atomic E-state index is 0.799. The molecule has 0 saturated heterocycles. The summed E-state index contributed by atoms with van der Waals surface area (Å²) in [4.78, 5) is 2.60. The normalized spacial score (nSPS) is 18.6. The molecule has 0 atom stereocenters. The monoisotopic (exact) mass is 260 g/mol. The SMILES string of the molecule is COCCN(Cc1cccc2c1CCNC2)C1CC1. The van der Waals surface area contributed by atoms with Crippen LogP contribution in [0.25, 0.3) is 0 Å². The van der Waals surface area contributed by atoms with Crippen molar-refractivity contribution in [2.75, 3.05) is 26.8 Å². The zero-order valence-electron chi connectivity index (χ0n) is 11.8. The van der Waals surface area contributed by atoms with Gasteiger partial charge in [-0.3, -0.25) is 4.90 Å². The van der Waals surface area contributed by atoms with Gasteiger partial charge in [-0.1, -0.05) is 18.2 Å². The second-order valence-corrected chi connectivity index (χ2v) is 5.68. The molecule has 104 valence electrons. The summed E-state index contributed by atoms with van der Waals surface area (Å²) in [5, 5.41) is 3.46. The second kappa shape index (κ2) is 6.04. The Hall–Kier alpha value is -0.900. The van der Waals surface area contributed by atoms with Crippen LogP contribution in [0.2, 0.25) is 0 Å². The Balaban J connectivity index is 1.73. The van der Waals surface area contributed by atoms with Crippen LogP contribution in [0.4, 0.5) is 0 Å². The maximum absolute atomic E-state index is 5.25. The second-order valence-electron chi connectivity index (χ2n) is 5.68. The number of ether oxygens (including phenoxy) is 1. The van der Waals surface area contributed by atoms with Gasteiger partial charge in [-0.25, -0.2) is 0 Å². The van der Waals surface area contributed by atoms with E-state index >= 15 is 0 Å². The van der Waals surface area contributed by atoms with Crippen LogP contribution in [-0.2, 0) is 24.2 Å². The third kappa shape index (κ3) is 3.16. The molecule has 0 radical (unpaired) electrons. The molecule has 3 heteroatoms. The summed E-state index contributed by atoms with van der Waals surface area (Å²) in [5.74, 6) is 0. The molecule has 0 aromatic heterocycles. The average molecular weight is 260 g/mol. The summed E-state index contributed by atoms with van der Waals surface area (Å²) in [6.07, 6.45) is 3.90. The van der Waals surface area contributed by atoms with E-state index in [1.807, 2.05) is 0 Å². The molecule has 0 amide bonds. The van der Waals surface area contributed by atoms with Crippen LogP contribution in [0.1, 0.15) is 29.5 Å². The van der Waals surface area contributed by atoms with Gasteiger partial charge < -0.3 is 10.1 Å².